The van der Waals surface area contributed by atoms with Crippen molar-refractivity contribution in [2.75, 3.05) is 18.0 Å². The van der Waals surface area contributed by atoms with E-state index in [0.717, 1.165) is 11.1 Å². The molecule has 3 aromatic rings. The third kappa shape index (κ3) is 5.81. The van der Waals surface area contributed by atoms with E-state index in [1.807, 2.05) is 0 Å². The maximum Gasteiger partial charge on any atom is 0.333 e. The number of fused-ring (bicyclic) bond motifs is 1. The highest BCUT2D eigenvalue weighted by molar-refractivity contribution is 5.76. The van der Waals surface area contributed by atoms with Crippen molar-refractivity contribution in [1.29, 1.82) is 0 Å². The number of hydrazine groups is 1. The van der Waals surface area contributed by atoms with Crippen LogP contribution >= 0.6 is 0 Å². The number of amides is 3. The number of nitrogens with two attached hydrogens (primary N) is 1. The fourth-order valence-corrected chi connectivity index (χ4v) is 3.44. The maximum atomic E-state index is 12.8. The molecular formula is C23H26N8O5. The maximum absolute atomic E-state index is 12.8. The SMILES string of the molecule is Cc1nc(N)ccc1CNC(=O)Cn1c(C)cnc(NNC(=O)NCc2ccc3c(c2)OCO3)c1=O. The second-order valence-electron chi connectivity index (χ2n) is 8.02. The summed E-state index contributed by atoms with van der Waals surface area (Å²) in [6, 6.07) is 8.20. The molecule has 36 heavy (non-hydrogen) atoms. The molecule has 13 nitrogen and oxygen atoms in total. The number of aryl methyl sites for hydroxylation is 2. The zero-order chi connectivity index (χ0) is 25.7. The van der Waals surface area contributed by atoms with Crippen molar-refractivity contribution >= 4 is 23.6 Å². The van der Waals surface area contributed by atoms with Crippen LogP contribution in [0.5, 0.6) is 11.5 Å². The number of benzene rings is 1. The van der Waals surface area contributed by atoms with Gasteiger partial charge in [0.15, 0.2) is 11.5 Å². The normalized spacial score (nSPS) is 11.6. The van der Waals surface area contributed by atoms with Crippen LogP contribution in [-0.2, 0) is 24.4 Å². The first-order valence-corrected chi connectivity index (χ1v) is 11.0. The second-order valence-corrected chi connectivity index (χ2v) is 8.02. The van der Waals surface area contributed by atoms with E-state index in [1.165, 1.54) is 10.8 Å². The van der Waals surface area contributed by atoms with Crippen LogP contribution < -0.4 is 42.3 Å². The van der Waals surface area contributed by atoms with Gasteiger partial charge in [-0.25, -0.2) is 14.8 Å². The number of carbonyl (C=O) groups excluding carboxylic acids is 2. The number of nitrogens with one attached hydrogen (secondary N) is 4. The summed E-state index contributed by atoms with van der Waals surface area (Å²) in [6.45, 7) is 3.86. The van der Waals surface area contributed by atoms with Gasteiger partial charge in [-0.05, 0) is 43.2 Å². The van der Waals surface area contributed by atoms with Crippen LogP contribution in [0.25, 0.3) is 0 Å². The average molecular weight is 495 g/mol. The first kappa shape index (κ1) is 24.3. The molecule has 0 aliphatic carbocycles. The molecule has 0 spiro atoms. The van der Waals surface area contributed by atoms with Crippen molar-refractivity contribution in [3.05, 3.63) is 69.4 Å². The first-order chi connectivity index (χ1) is 17.3. The Balaban J connectivity index is 1.30. The van der Waals surface area contributed by atoms with E-state index in [2.05, 4.69) is 31.5 Å². The summed E-state index contributed by atoms with van der Waals surface area (Å²) in [5, 5.41) is 5.42. The van der Waals surface area contributed by atoms with Crippen molar-refractivity contribution in [2.24, 2.45) is 0 Å². The lowest BCUT2D eigenvalue weighted by molar-refractivity contribution is -0.121. The molecule has 188 valence electrons. The van der Waals surface area contributed by atoms with E-state index in [4.69, 9.17) is 15.2 Å². The summed E-state index contributed by atoms with van der Waals surface area (Å²) in [5.41, 5.74) is 12.8. The van der Waals surface area contributed by atoms with E-state index in [-0.39, 0.29) is 38.2 Å². The third-order valence-corrected chi connectivity index (χ3v) is 5.43. The summed E-state index contributed by atoms with van der Waals surface area (Å²) < 4.78 is 11.8. The van der Waals surface area contributed by atoms with Crippen molar-refractivity contribution in [3.8, 4) is 11.5 Å². The Morgan fingerprint density at radius 1 is 1.08 bits per heavy atom. The van der Waals surface area contributed by atoms with E-state index in [9.17, 15) is 14.4 Å². The summed E-state index contributed by atoms with van der Waals surface area (Å²) in [4.78, 5) is 45.7. The zero-order valence-corrected chi connectivity index (χ0v) is 19.8. The van der Waals surface area contributed by atoms with E-state index < -0.39 is 11.6 Å². The molecule has 0 saturated heterocycles. The summed E-state index contributed by atoms with van der Waals surface area (Å²) in [5.74, 6) is 1.16. The van der Waals surface area contributed by atoms with Crippen LogP contribution in [0, 0.1) is 13.8 Å². The standard InChI is InChI=1S/C23H26N8O5/c1-13-8-26-21(29-30-23(34)27-9-15-3-5-17-18(7-15)36-12-35-17)22(33)31(13)11-20(32)25-10-16-4-6-19(24)28-14(16)2/h3-8H,9-12H2,1-2H3,(H2,24,28)(H,25,32)(H,26,29)(H2,27,30,34). The second kappa shape index (κ2) is 10.6. The van der Waals surface area contributed by atoms with Gasteiger partial charge in [-0.2, -0.15) is 0 Å². The predicted molar refractivity (Wildman–Crippen MR) is 130 cm³/mol. The van der Waals surface area contributed by atoms with Crippen molar-refractivity contribution in [1.82, 2.24) is 30.6 Å². The van der Waals surface area contributed by atoms with Crippen LogP contribution in [0.4, 0.5) is 16.4 Å². The number of rotatable bonds is 8. The lowest BCUT2D eigenvalue weighted by Gasteiger charge is -2.14. The van der Waals surface area contributed by atoms with Crippen molar-refractivity contribution in [2.45, 2.75) is 33.5 Å². The summed E-state index contributed by atoms with van der Waals surface area (Å²) in [6.07, 6.45) is 1.43. The van der Waals surface area contributed by atoms with Gasteiger partial charge in [0.25, 0.3) is 5.56 Å². The lowest BCUT2D eigenvalue weighted by atomic mass is 10.2. The smallest absolute Gasteiger partial charge is 0.333 e. The Labute approximate surface area is 206 Å². The van der Waals surface area contributed by atoms with Gasteiger partial charge in [-0.15, -0.1) is 0 Å². The van der Waals surface area contributed by atoms with Gasteiger partial charge < -0.3 is 25.8 Å². The lowest BCUT2D eigenvalue weighted by Crippen LogP contribution is -2.41. The minimum atomic E-state index is -0.578. The number of ether oxygens (including phenoxy) is 2. The summed E-state index contributed by atoms with van der Waals surface area (Å²) >= 11 is 0. The van der Waals surface area contributed by atoms with E-state index in [1.54, 1.807) is 44.2 Å². The number of anilines is 2. The third-order valence-electron chi connectivity index (χ3n) is 5.43. The van der Waals surface area contributed by atoms with E-state index >= 15 is 0 Å². The highest BCUT2D eigenvalue weighted by Gasteiger charge is 2.15. The monoisotopic (exact) mass is 494 g/mol. The van der Waals surface area contributed by atoms with Gasteiger partial charge in [-0.1, -0.05) is 12.1 Å². The molecule has 4 rings (SSSR count). The Morgan fingerprint density at radius 3 is 2.69 bits per heavy atom. The molecule has 2 aromatic heterocycles. The highest BCUT2D eigenvalue weighted by Crippen LogP contribution is 2.32. The number of pyridine rings is 1. The minimum absolute atomic E-state index is 0.134. The molecule has 13 heteroatoms. The highest BCUT2D eigenvalue weighted by atomic mass is 16.7. The Kier molecular flexibility index (Phi) is 7.18. The first-order valence-electron chi connectivity index (χ1n) is 11.0. The number of hydrogen-bond donors (Lipinski definition) is 5. The quantitative estimate of drug-likeness (QED) is 0.282. The molecule has 1 aromatic carbocycles. The van der Waals surface area contributed by atoms with Crippen LogP contribution in [0.1, 0.15) is 22.5 Å². The molecule has 3 amide bonds. The molecule has 0 unspecified atom stereocenters. The number of nitrogen functional groups attached to an aromatic ring is 1. The van der Waals surface area contributed by atoms with Gasteiger partial charge in [0.1, 0.15) is 12.4 Å². The zero-order valence-electron chi connectivity index (χ0n) is 19.8. The number of nitrogens with zero attached hydrogens (tertiary/aromatic N) is 3. The van der Waals surface area contributed by atoms with Gasteiger partial charge in [0.05, 0.1) is 0 Å². The Bertz CT molecular complexity index is 1360. The molecule has 0 fully saturated rings. The van der Waals surface area contributed by atoms with Crippen molar-refractivity contribution in [3.63, 3.8) is 0 Å². The molecule has 1 aliphatic heterocycles. The van der Waals surface area contributed by atoms with Crippen LogP contribution in [0.15, 0.2) is 41.3 Å². The molecule has 0 atom stereocenters. The topological polar surface area (TPSA) is 175 Å². The summed E-state index contributed by atoms with van der Waals surface area (Å²) in [7, 11) is 0. The van der Waals surface area contributed by atoms with Gasteiger partial charge in [-0.3, -0.25) is 25.0 Å². The molecular weight excluding hydrogens is 468 g/mol. The largest absolute Gasteiger partial charge is 0.454 e. The fourth-order valence-electron chi connectivity index (χ4n) is 3.44. The predicted octanol–water partition coefficient (Wildman–Crippen LogP) is 0.709. The van der Waals surface area contributed by atoms with Crippen LogP contribution in [-0.4, -0.2) is 33.3 Å². The number of hydrogen-bond acceptors (Lipinski definition) is 9. The number of aromatic nitrogens is 3. The molecule has 6 N–H and O–H groups in total. The van der Waals surface area contributed by atoms with Gasteiger partial charge in [0, 0.05) is 30.7 Å². The minimum Gasteiger partial charge on any atom is -0.454 e. The van der Waals surface area contributed by atoms with Crippen LogP contribution in [0.2, 0.25) is 0 Å². The molecule has 0 bridgehead atoms. The van der Waals surface area contributed by atoms with Crippen molar-refractivity contribution < 1.29 is 19.1 Å². The molecule has 1 aliphatic rings. The fraction of sp³-hybridized carbons (Fsp3) is 0.261. The number of carbonyl (C=O) groups is 2. The number of urea groups is 1. The Hall–Kier alpha value is -4.81. The molecule has 0 saturated carbocycles. The molecule has 0 radical (unpaired) electrons. The average Bonchev–Trinajstić information content (AvgIpc) is 3.32. The molecule has 3 heterocycles. The van der Waals surface area contributed by atoms with Gasteiger partial charge in [0.2, 0.25) is 18.5 Å². The van der Waals surface area contributed by atoms with Gasteiger partial charge >= 0.3 is 6.03 Å². The Morgan fingerprint density at radius 2 is 1.89 bits per heavy atom. The van der Waals surface area contributed by atoms with E-state index in [0.29, 0.717) is 28.7 Å². The van der Waals surface area contributed by atoms with Crippen LogP contribution in [0.3, 0.4) is 0 Å².